The first-order chi connectivity index (χ1) is 7.18. The molecule has 0 amide bonds. The minimum absolute atomic E-state index is 0.110. The summed E-state index contributed by atoms with van der Waals surface area (Å²) in [5, 5.41) is 22.8. The summed E-state index contributed by atoms with van der Waals surface area (Å²) < 4.78 is 5.19. The second kappa shape index (κ2) is 4.78. The molecule has 1 saturated carbocycles. The average molecular weight is 215 g/mol. The van der Waals surface area contributed by atoms with Gasteiger partial charge < -0.3 is 20.3 Å². The van der Waals surface area contributed by atoms with Crippen LogP contribution in [0, 0.1) is 0 Å². The fourth-order valence-corrected chi connectivity index (χ4v) is 2.35. The zero-order valence-electron chi connectivity index (χ0n) is 9.11. The van der Waals surface area contributed by atoms with Gasteiger partial charge in [-0.15, -0.1) is 0 Å². The van der Waals surface area contributed by atoms with Crippen molar-refractivity contribution >= 4 is 0 Å². The predicted octanol–water partition coefficient (Wildman–Crippen LogP) is 0.0309. The van der Waals surface area contributed by atoms with Crippen molar-refractivity contribution in [1.82, 2.24) is 5.32 Å². The first-order valence-corrected chi connectivity index (χ1v) is 5.90. The van der Waals surface area contributed by atoms with Gasteiger partial charge in [-0.25, -0.2) is 0 Å². The summed E-state index contributed by atoms with van der Waals surface area (Å²) in [4.78, 5) is 0. The van der Waals surface area contributed by atoms with Crippen molar-refractivity contribution in [2.45, 2.75) is 49.9 Å². The standard InChI is InChI=1S/C11H21NO3/c13-10-3-1-9(2-4-10)12-7-11(14)5-6-15-8-11/h9-10,12-14H,1-8H2. The Labute approximate surface area is 90.6 Å². The number of hydrogen-bond acceptors (Lipinski definition) is 4. The van der Waals surface area contributed by atoms with Gasteiger partial charge in [-0.3, -0.25) is 0 Å². The van der Waals surface area contributed by atoms with Crippen LogP contribution in [0.5, 0.6) is 0 Å². The van der Waals surface area contributed by atoms with E-state index in [4.69, 9.17) is 4.74 Å². The van der Waals surface area contributed by atoms with Crippen LogP contribution in [0.4, 0.5) is 0 Å². The van der Waals surface area contributed by atoms with Crippen molar-refractivity contribution in [1.29, 1.82) is 0 Å². The lowest BCUT2D eigenvalue weighted by Crippen LogP contribution is -2.46. The zero-order valence-corrected chi connectivity index (χ0v) is 9.11. The molecule has 2 aliphatic rings. The topological polar surface area (TPSA) is 61.7 Å². The number of aliphatic hydroxyl groups is 2. The Balaban J connectivity index is 1.69. The largest absolute Gasteiger partial charge is 0.393 e. The van der Waals surface area contributed by atoms with Gasteiger partial charge in [-0.2, -0.15) is 0 Å². The Morgan fingerprint density at radius 2 is 2.00 bits per heavy atom. The molecule has 0 bridgehead atoms. The molecule has 2 rings (SSSR count). The highest BCUT2D eigenvalue weighted by atomic mass is 16.5. The van der Waals surface area contributed by atoms with Crippen LogP contribution in [0.15, 0.2) is 0 Å². The third-order valence-corrected chi connectivity index (χ3v) is 3.50. The second-order valence-electron chi connectivity index (χ2n) is 4.91. The van der Waals surface area contributed by atoms with Crippen molar-refractivity contribution in [2.24, 2.45) is 0 Å². The number of nitrogens with one attached hydrogen (secondary N) is 1. The summed E-state index contributed by atoms with van der Waals surface area (Å²) in [7, 11) is 0. The smallest absolute Gasteiger partial charge is 0.102 e. The molecule has 1 aliphatic heterocycles. The lowest BCUT2D eigenvalue weighted by molar-refractivity contribution is 0.0217. The number of aliphatic hydroxyl groups excluding tert-OH is 1. The van der Waals surface area contributed by atoms with Crippen LogP contribution in [0.1, 0.15) is 32.1 Å². The summed E-state index contributed by atoms with van der Waals surface area (Å²) in [5.74, 6) is 0. The van der Waals surface area contributed by atoms with Gasteiger partial charge >= 0.3 is 0 Å². The van der Waals surface area contributed by atoms with E-state index in [9.17, 15) is 10.2 Å². The van der Waals surface area contributed by atoms with Gasteiger partial charge in [0.2, 0.25) is 0 Å². The van der Waals surface area contributed by atoms with Gasteiger partial charge in [0.1, 0.15) is 5.60 Å². The summed E-state index contributed by atoms with van der Waals surface area (Å²) in [6, 6.07) is 0.457. The summed E-state index contributed by atoms with van der Waals surface area (Å²) >= 11 is 0. The molecular weight excluding hydrogens is 194 g/mol. The minimum Gasteiger partial charge on any atom is -0.393 e. The Bertz CT molecular complexity index is 196. The Morgan fingerprint density at radius 1 is 1.27 bits per heavy atom. The Hall–Kier alpha value is -0.160. The zero-order chi connectivity index (χ0) is 10.7. The van der Waals surface area contributed by atoms with Crippen molar-refractivity contribution in [3.8, 4) is 0 Å². The highest BCUT2D eigenvalue weighted by molar-refractivity contribution is 4.87. The fraction of sp³-hybridized carbons (Fsp3) is 1.00. The molecule has 1 heterocycles. The van der Waals surface area contributed by atoms with E-state index in [2.05, 4.69) is 5.32 Å². The van der Waals surface area contributed by atoms with Crippen molar-refractivity contribution in [3.05, 3.63) is 0 Å². The molecule has 0 radical (unpaired) electrons. The van der Waals surface area contributed by atoms with Crippen molar-refractivity contribution in [2.75, 3.05) is 19.8 Å². The fourth-order valence-electron chi connectivity index (χ4n) is 2.35. The highest BCUT2D eigenvalue weighted by Crippen LogP contribution is 2.21. The molecule has 4 heteroatoms. The quantitative estimate of drug-likeness (QED) is 0.621. The van der Waals surface area contributed by atoms with E-state index in [1.54, 1.807) is 0 Å². The van der Waals surface area contributed by atoms with Gasteiger partial charge in [0.25, 0.3) is 0 Å². The number of rotatable bonds is 3. The van der Waals surface area contributed by atoms with E-state index in [1.165, 1.54) is 0 Å². The lowest BCUT2D eigenvalue weighted by atomic mass is 9.92. The molecule has 0 aromatic heterocycles. The van der Waals surface area contributed by atoms with E-state index in [0.29, 0.717) is 25.8 Å². The molecule has 1 aliphatic carbocycles. The van der Waals surface area contributed by atoms with Gasteiger partial charge in [0.15, 0.2) is 0 Å². The van der Waals surface area contributed by atoms with Crippen LogP contribution >= 0.6 is 0 Å². The third kappa shape index (κ3) is 3.14. The Morgan fingerprint density at radius 3 is 2.60 bits per heavy atom. The molecule has 1 unspecified atom stereocenters. The molecule has 1 saturated heterocycles. The molecule has 0 aromatic rings. The van der Waals surface area contributed by atoms with Crippen LogP contribution in [0.2, 0.25) is 0 Å². The monoisotopic (exact) mass is 215 g/mol. The van der Waals surface area contributed by atoms with Crippen LogP contribution in [-0.4, -0.2) is 47.7 Å². The predicted molar refractivity (Wildman–Crippen MR) is 56.7 cm³/mol. The van der Waals surface area contributed by atoms with Crippen molar-refractivity contribution < 1.29 is 14.9 Å². The van der Waals surface area contributed by atoms with Gasteiger partial charge in [-0.05, 0) is 25.7 Å². The summed E-state index contributed by atoms with van der Waals surface area (Å²) in [6.07, 6.45) is 4.41. The summed E-state index contributed by atoms with van der Waals surface area (Å²) in [5.41, 5.74) is -0.657. The van der Waals surface area contributed by atoms with Crippen LogP contribution < -0.4 is 5.32 Å². The first-order valence-electron chi connectivity index (χ1n) is 5.90. The molecule has 15 heavy (non-hydrogen) atoms. The average Bonchev–Trinajstić information content (AvgIpc) is 2.65. The Kier molecular flexibility index (Phi) is 3.61. The molecule has 0 aromatic carbocycles. The van der Waals surface area contributed by atoms with E-state index in [1.807, 2.05) is 0 Å². The molecule has 3 N–H and O–H groups in total. The number of hydrogen-bond donors (Lipinski definition) is 3. The van der Waals surface area contributed by atoms with E-state index in [0.717, 1.165) is 32.1 Å². The second-order valence-corrected chi connectivity index (χ2v) is 4.91. The van der Waals surface area contributed by atoms with E-state index in [-0.39, 0.29) is 6.10 Å². The minimum atomic E-state index is -0.657. The van der Waals surface area contributed by atoms with E-state index < -0.39 is 5.60 Å². The molecule has 88 valence electrons. The lowest BCUT2D eigenvalue weighted by Gasteiger charge is -2.29. The third-order valence-electron chi connectivity index (χ3n) is 3.50. The van der Waals surface area contributed by atoms with Gasteiger partial charge in [-0.1, -0.05) is 0 Å². The SMILES string of the molecule is OC1CCC(NCC2(O)CCOC2)CC1. The first kappa shape index (κ1) is 11.3. The van der Waals surface area contributed by atoms with Crippen LogP contribution in [-0.2, 0) is 4.74 Å². The maximum atomic E-state index is 10.0. The highest BCUT2D eigenvalue weighted by Gasteiger charge is 2.32. The van der Waals surface area contributed by atoms with Gasteiger partial charge in [0.05, 0.1) is 12.7 Å². The van der Waals surface area contributed by atoms with Crippen LogP contribution in [0.3, 0.4) is 0 Å². The van der Waals surface area contributed by atoms with Crippen molar-refractivity contribution in [3.63, 3.8) is 0 Å². The molecule has 0 spiro atoms. The maximum Gasteiger partial charge on any atom is 0.102 e. The molecule has 2 fully saturated rings. The summed E-state index contributed by atoms with van der Waals surface area (Å²) in [6.45, 7) is 1.74. The van der Waals surface area contributed by atoms with Gasteiger partial charge in [0, 0.05) is 25.6 Å². The molecular formula is C11H21NO3. The number of ether oxygens (including phenoxy) is 1. The molecule has 1 atom stereocenters. The molecule has 4 nitrogen and oxygen atoms in total. The maximum absolute atomic E-state index is 10.0. The normalized spacial score (nSPS) is 42.0. The van der Waals surface area contributed by atoms with E-state index >= 15 is 0 Å². The van der Waals surface area contributed by atoms with Crippen LogP contribution in [0.25, 0.3) is 0 Å².